The second kappa shape index (κ2) is 14.9. The fraction of sp³-hybridized carbons (Fsp3) is 0.160. The third-order valence-corrected chi connectivity index (χ3v) is 4.24. The number of anilines is 2. The molecule has 6 N–H and O–H groups in total. The van der Waals surface area contributed by atoms with Gasteiger partial charge >= 0.3 is 0 Å². The van der Waals surface area contributed by atoms with Crippen LogP contribution in [0.5, 0.6) is 0 Å². The molecule has 0 unspecified atom stereocenters. The van der Waals surface area contributed by atoms with Gasteiger partial charge < -0.3 is 16.5 Å². The number of nitrogens with zero attached hydrogens (tertiary/aromatic N) is 2. The van der Waals surface area contributed by atoms with Crippen molar-refractivity contribution in [2.75, 3.05) is 11.1 Å². The maximum atomic E-state index is 13.3. The largest absolute Gasteiger partial charge is 0.383 e. The van der Waals surface area contributed by atoms with E-state index in [2.05, 4.69) is 33.9 Å². The highest BCUT2D eigenvalue weighted by Gasteiger charge is 2.12. The zero-order valence-corrected chi connectivity index (χ0v) is 19.3. The standard InChI is InChI=1S/C20H22F2N6O.C5H8/c1-3-4-18(29)27-15-7-5-13(6-8-15)14-9-16(19(23)25-11-14)20(28-24)26-12(2)17(22)10-21;1-3-5-4-2/h5-11H,2-4,24H2,1H3,(H2,23,25)(H,26,28)(H,27,29);3-5H,1H2,2H3/b17-10-;5-4-. The number of amidine groups is 1. The molecule has 0 saturated heterocycles. The zero-order valence-electron chi connectivity index (χ0n) is 19.3. The Balaban J connectivity index is 0.00000104. The van der Waals surface area contributed by atoms with Gasteiger partial charge in [-0.15, -0.1) is 0 Å². The normalized spacial score (nSPS) is 11.4. The van der Waals surface area contributed by atoms with Crippen molar-refractivity contribution in [3.05, 3.63) is 91.3 Å². The summed E-state index contributed by atoms with van der Waals surface area (Å²) in [6.07, 6.45) is 8.09. The fourth-order valence-corrected chi connectivity index (χ4v) is 2.58. The maximum Gasteiger partial charge on any atom is 0.224 e. The molecule has 7 nitrogen and oxygen atoms in total. The van der Waals surface area contributed by atoms with E-state index in [-0.39, 0.29) is 29.5 Å². The number of halogens is 2. The molecule has 9 heteroatoms. The topological polar surface area (TPSA) is 118 Å². The van der Waals surface area contributed by atoms with Crippen LogP contribution in [-0.4, -0.2) is 16.7 Å². The van der Waals surface area contributed by atoms with E-state index in [1.165, 1.54) is 0 Å². The number of pyridine rings is 1. The molecule has 1 amide bonds. The highest BCUT2D eigenvalue weighted by Crippen LogP contribution is 2.24. The molecule has 1 aromatic heterocycles. The van der Waals surface area contributed by atoms with Crippen molar-refractivity contribution in [2.24, 2.45) is 10.8 Å². The summed E-state index contributed by atoms with van der Waals surface area (Å²) >= 11 is 0. The third-order valence-electron chi connectivity index (χ3n) is 4.24. The summed E-state index contributed by atoms with van der Waals surface area (Å²) in [6, 6.07) is 8.78. The monoisotopic (exact) mass is 468 g/mol. The Hall–Kier alpha value is -4.11. The Labute approximate surface area is 198 Å². The minimum absolute atomic E-state index is 0.0256. The molecule has 0 bridgehead atoms. The number of nitrogen functional groups attached to an aromatic ring is 1. The Morgan fingerprint density at radius 1 is 1.26 bits per heavy atom. The summed E-state index contributed by atoms with van der Waals surface area (Å²) in [7, 11) is 0. The first-order valence-corrected chi connectivity index (χ1v) is 10.4. The summed E-state index contributed by atoms with van der Waals surface area (Å²) < 4.78 is 25.6. The number of rotatable bonds is 8. The number of hydrogen-bond donors (Lipinski definition) is 4. The van der Waals surface area contributed by atoms with Crippen molar-refractivity contribution in [1.82, 2.24) is 10.4 Å². The number of hydrazine groups is 1. The van der Waals surface area contributed by atoms with Crippen molar-refractivity contribution in [2.45, 2.75) is 26.7 Å². The van der Waals surface area contributed by atoms with Crippen LogP contribution in [0.4, 0.5) is 20.3 Å². The average Bonchev–Trinajstić information content (AvgIpc) is 2.84. The highest BCUT2D eigenvalue weighted by molar-refractivity contribution is 6.03. The van der Waals surface area contributed by atoms with E-state index in [0.717, 1.165) is 12.0 Å². The second-order valence-electron chi connectivity index (χ2n) is 6.80. The van der Waals surface area contributed by atoms with Gasteiger partial charge in [-0.1, -0.05) is 50.4 Å². The number of aromatic nitrogens is 1. The van der Waals surface area contributed by atoms with Crippen molar-refractivity contribution in [3.63, 3.8) is 0 Å². The molecule has 0 spiro atoms. The number of carbonyl (C=O) groups is 1. The lowest BCUT2D eigenvalue weighted by Gasteiger charge is -2.11. The molecule has 1 heterocycles. The summed E-state index contributed by atoms with van der Waals surface area (Å²) in [4.78, 5) is 19.6. The minimum Gasteiger partial charge on any atom is -0.383 e. The second-order valence-corrected chi connectivity index (χ2v) is 6.80. The SMILES string of the molecule is C=C(N=C(NN)c1cc(-c2ccc(NC(=O)CCC)cc2)cnc1N)/C(F)=C/F.C=C/C=C\C. The van der Waals surface area contributed by atoms with Crippen LogP contribution < -0.4 is 22.3 Å². The molecule has 0 radical (unpaired) electrons. The molecule has 34 heavy (non-hydrogen) atoms. The summed E-state index contributed by atoms with van der Waals surface area (Å²) in [6.45, 7) is 10.7. The smallest absolute Gasteiger partial charge is 0.224 e. The van der Waals surface area contributed by atoms with Crippen LogP contribution >= 0.6 is 0 Å². The van der Waals surface area contributed by atoms with Gasteiger partial charge in [0.1, 0.15) is 12.1 Å². The molecule has 2 aromatic rings. The predicted molar refractivity (Wildman–Crippen MR) is 136 cm³/mol. The van der Waals surface area contributed by atoms with Crippen molar-refractivity contribution in [1.29, 1.82) is 0 Å². The summed E-state index contributed by atoms with van der Waals surface area (Å²) in [5.41, 5.74) is 10.2. The van der Waals surface area contributed by atoms with E-state index in [1.807, 2.05) is 26.0 Å². The Kier molecular flexibility index (Phi) is 12.2. The summed E-state index contributed by atoms with van der Waals surface area (Å²) in [5, 5.41) is 2.81. The Morgan fingerprint density at radius 3 is 2.44 bits per heavy atom. The molecule has 0 aliphatic rings. The van der Waals surface area contributed by atoms with Crippen molar-refractivity contribution >= 4 is 23.2 Å². The molecule has 0 atom stereocenters. The number of nitrogens with one attached hydrogen (secondary N) is 2. The highest BCUT2D eigenvalue weighted by atomic mass is 19.2. The lowest BCUT2D eigenvalue weighted by atomic mass is 10.0. The number of benzene rings is 1. The van der Waals surface area contributed by atoms with Gasteiger partial charge in [-0.25, -0.2) is 24.6 Å². The van der Waals surface area contributed by atoms with E-state index in [1.54, 1.807) is 42.6 Å². The molecule has 0 fully saturated rings. The van der Waals surface area contributed by atoms with Gasteiger partial charge in [0.25, 0.3) is 0 Å². The minimum atomic E-state index is -1.24. The van der Waals surface area contributed by atoms with Crippen LogP contribution in [0.25, 0.3) is 11.1 Å². The quantitative estimate of drug-likeness (QED) is 0.137. The molecule has 0 aliphatic heterocycles. The van der Waals surface area contributed by atoms with Gasteiger partial charge in [0.05, 0.1) is 11.3 Å². The molecule has 2 rings (SSSR count). The van der Waals surface area contributed by atoms with Gasteiger partial charge in [-0.05, 0) is 37.1 Å². The van der Waals surface area contributed by atoms with Gasteiger partial charge in [0, 0.05) is 23.9 Å². The van der Waals surface area contributed by atoms with E-state index >= 15 is 0 Å². The van der Waals surface area contributed by atoms with E-state index in [0.29, 0.717) is 17.7 Å². The van der Waals surface area contributed by atoms with E-state index in [9.17, 15) is 13.6 Å². The number of amides is 1. The van der Waals surface area contributed by atoms with Gasteiger partial charge in [-0.3, -0.25) is 4.79 Å². The van der Waals surface area contributed by atoms with Crippen molar-refractivity contribution in [3.8, 4) is 11.1 Å². The number of aliphatic imine (C=N–C) groups is 1. The number of carbonyl (C=O) groups excluding carboxylic acids is 1. The molecule has 0 aliphatic carbocycles. The number of hydrogen-bond acceptors (Lipinski definition) is 5. The number of nitrogens with two attached hydrogens (primary N) is 2. The van der Waals surface area contributed by atoms with Crippen LogP contribution in [0.1, 0.15) is 32.3 Å². The van der Waals surface area contributed by atoms with Crippen LogP contribution in [0.2, 0.25) is 0 Å². The van der Waals surface area contributed by atoms with Crippen molar-refractivity contribution < 1.29 is 13.6 Å². The molecule has 180 valence electrons. The van der Waals surface area contributed by atoms with Gasteiger partial charge in [0.2, 0.25) is 5.91 Å². The first-order valence-electron chi connectivity index (χ1n) is 10.4. The number of allylic oxidation sites excluding steroid dienone is 4. The van der Waals surface area contributed by atoms with Crippen LogP contribution in [0.15, 0.2) is 90.8 Å². The van der Waals surface area contributed by atoms with E-state index < -0.39 is 11.5 Å². The third kappa shape index (κ3) is 8.79. The summed E-state index contributed by atoms with van der Waals surface area (Å²) in [5.74, 6) is 4.24. The molecule has 1 aromatic carbocycles. The molecular formula is C25H30F2N6O. The predicted octanol–water partition coefficient (Wildman–Crippen LogP) is 5.32. The van der Waals surface area contributed by atoms with Gasteiger partial charge in [-0.2, -0.15) is 0 Å². The first-order chi connectivity index (χ1) is 16.3. The van der Waals surface area contributed by atoms with Gasteiger partial charge in [0.15, 0.2) is 11.7 Å². The van der Waals surface area contributed by atoms with Crippen LogP contribution in [0.3, 0.4) is 0 Å². The van der Waals surface area contributed by atoms with Crippen LogP contribution in [-0.2, 0) is 4.79 Å². The Bertz CT molecular complexity index is 1080. The van der Waals surface area contributed by atoms with Crippen LogP contribution in [0, 0.1) is 0 Å². The lowest BCUT2D eigenvalue weighted by molar-refractivity contribution is -0.116. The zero-order chi connectivity index (χ0) is 25.5. The van der Waals surface area contributed by atoms with E-state index in [4.69, 9.17) is 11.6 Å². The lowest BCUT2D eigenvalue weighted by Crippen LogP contribution is -2.32. The molecule has 0 saturated carbocycles. The Morgan fingerprint density at radius 2 is 1.94 bits per heavy atom. The fourth-order valence-electron chi connectivity index (χ4n) is 2.58. The maximum absolute atomic E-state index is 13.3. The first kappa shape index (κ1) is 27.9. The average molecular weight is 469 g/mol. The molecular weight excluding hydrogens is 438 g/mol.